The van der Waals surface area contributed by atoms with Crippen LogP contribution in [0.25, 0.3) is 10.8 Å². The molecule has 3 nitrogen and oxygen atoms in total. The highest BCUT2D eigenvalue weighted by Gasteiger charge is 2.03. The number of benzene rings is 1. The zero-order chi connectivity index (χ0) is 9.42. The molecule has 0 atom stereocenters. The van der Waals surface area contributed by atoms with Crippen molar-refractivity contribution in [1.82, 2.24) is 4.98 Å². The Balaban J connectivity index is 2.94. The Morgan fingerprint density at radius 2 is 2.00 bits per heavy atom. The number of hydrogen-bond donors (Lipinski definition) is 2. The number of aromatic nitrogens is 1. The van der Waals surface area contributed by atoms with Gasteiger partial charge in [-0.2, -0.15) is 0 Å². The molecule has 0 fully saturated rings. The lowest BCUT2D eigenvalue weighted by Gasteiger charge is -2.05. The summed E-state index contributed by atoms with van der Waals surface area (Å²) < 4.78 is 0. The molecule has 0 amide bonds. The van der Waals surface area contributed by atoms with Gasteiger partial charge in [-0.1, -0.05) is 12.1 Å². The van der Waals surface area contributed by atoms with E-state index in [4.69, 9.17) is 11.5 Å². The van der Waals surface area contributed by atoms with Gasteiger partial charge in [0.05, 0.1) is 0 Å². The molecule has 4 N–H and O–H groups in total. The Bertz CT molecular complexity index is 463. The molecule has 0 radical (unpaired) electrons. The van der Waals surface area contributed by atoms with Crippen molar-refractivity contribution in [1.29, 1.82) is 0 Å². The lowest BCUT2D eigenvalue weighted by atomic mass is 10.1. The van der Waals surface area contributed by atoms with Crippen LogP contribution in [-0.2, 0) is 0 Å². The topological polar surface area (TPSA) is 64.9 Å². The van der Waals surface area contributed by atoms with E-state index >= 15 is 0 Å². The van der Waals surface area contributed by atoms with Gasteiger partial charge < -0.3 is 11.5 Å². The second kappa shape index (κ2) is 2.62. The summed E-state index contributed by atoms with van der Waals surface area (Å²) in [6.45, 7) is 1.92. The van der Waals surface area contributed by atoms with Crippen molar-refractivity contribution in [3.05, 3.63) is 30.0 Å². The van der Waals surface area contributed by atoms with Crippen molar-refractivity contribution >= 4 is 22.3 Å². The lowest BCUT2D eigenvalue weighted by molar-refractivity contribution is 1.23. The van der Waals surface area contributed by atoms with E-state index in [0.717, 1.165) is 16.5 Å². The first-order chi connectivity index (χ1) is 6.18. The first-order valence-electron chi connectivity index (χ1n) is 4.10. The van der Waals surface area contributed by atoms with Crippen LogP contribution in [0.15, 0.2) is 24.3 Å². The van der Waals surface area contributed by atoms with Crippen molar-refractivity contribution in [3.8, 4) is 0 Å². The summed E-state index contributed by atoms with van der Waals surface area (Å²) in [6.07, 6.45) is 0. The predicted octanol–water partition coefficient (Wildman–Crippen LogP) is 1.71. The first kappa shape index (κ1) is 7.86. The first-order valence-corrected chi connectivity index (χ1v) is 4.10. The monoisotopic (exact) mass is 173 g/mol. The SMILES string of the molecule is Cc1cc2cccc(N)c2c(N)n1. The zero-order valence-electron chi connectivity index (χ0n) is 7.41. The average molecular weight is 173 g/mol. The fraction of sp³-hybridized carbons (Fsp3) is 0.100. The van der Waals surface area contributed by atoms with Gasteiger partial charge in [-0.3, -0.25) is 0 Å². The van der Waals surface area contributed by atoms with Crippen molar-refractivity contribution in [2.75, 3.05) is 11.5 Å². The third-order valence-corrected chi connectivity index (χ3v) is 2.05. The van der Waals surface area contributed by atoms with Crippen molar-refractivity contribution in [2.45, 2.75) is 6.92 Å². The van der Waals surface area contributed by atoms with Gasteiger partial charge in [0.25, 0.3) is 0 Å². The minimum atomic E-state index is 0.508. The van der Waals surface area contributed by atoms with Crippen LogP contribution in [0.5, 0.6) is 0 Å². The second-order valence-corrected chi connectivity index (χ2v) is 3.09. The number of nitrogens with two attached hydrogens (primary N) is 2. The van der Waals surface area contributed by atoms with Crippen molar-refractivity contribution < 1.29 is 0 Å². The molecular weight excluding hydrogens is 162 g/mol. The molecule has 0 spiro atoms. The standard InChI is InChI=1S/C10H11N3/c1-6-5-7-3-2-4-8(11)9(7)10(12)13-6/h2-5H,11H2,1H3,(H2,12,13). The highest BCUT2D eigenvalue weighted by molar-refractivity contribution is 6.00. The van der Waals surface area contributed by atoms with E-state index in [1.807, 2.05) is 31.2 Å². The van der Waals surface area contributed by atoms with Crippen LogP contribution in [0, 0.1) is 6.92 Å². The molecule has 0 unspecified atom stereocenters. The Hall–Kier alpha value is -1.77. The largest absolute Gasteiger partial charge is 0.398 e. The van der Waals surface area contributed by atoms with E-state index in [0.29, 0.717) is 11.5 Å². The van der Waals surface area contributed by atoms with Gasteiger partial charge in [-0.25, -0.2) is 4.98 Å². The molecular formula is C10H11N3. The van der Waals surface area contributed by atoms with Crippen LogP contribution in [0.1, 0.15) is 5.69 Å². The number of hydrogen-bond acceptors (Lipinski definition) is 3. The number of rotatable bonds is 0. The second-order valence-electron chi connectivity index (χ2n) is 3.09. The predicted molar refractivity (Wildman–Crippen MR) is 55.3 cm³/mol. The zero-order valence-corrected chi connectivity index (χ0v) is 7.41. The molecule has 0 aliphatic heterocycles. The van der Waals surface area contributed by atoms with E-state index in [1.165, 1.54) is 0 Å². The van der Waals surface area contributed by atoms with Gasteiger partial charge in [0.1, 0.15) is 5.82 Å². The van der Waals surface area contributed by atoms with Crippen molar-refractivity contribution in [2.24, 2.45) is 0 Å². The summed E-state index contributed by atoms with van der Waals surface area (Å²) in [5.74, 6) is 0.508. The molecule has 3 heteroatoms. The van der Waals surface area contributed by atoms with Gasteiger partial charge in [0.2, 0.25) is 0 Å². The van der Waals surface area contributed by atoms with E-state index in [2.05, 4.69) is 4.98 Å². The fourth-order valence-corrected chi connectivity index (χ4v) is 1.51. The molecule has 0 aliphatic rings. The molecule has 0 saturated carbocycles. The van der Waals surface area contributed by atoms with Gasteiger partial charge in [0.15, 0.2) is 0 Å². The molecule has 0 bridgehead atoms. The minimum absolute atomic E-state index is 0.508. The number of aryl methyl sites for hydroxylation is 1. The summed E-state index contributed by atoms with van der Waals surface area (Å²) in [5, 5.41) is 1.90. The van der Waals surface area contributed by atoms with E-state index < -0.39 is 0 Å². The summed E-state index contributed by atoms with van der Waals surface area (Å²) in [5.41, 5.74) is 13.1. The van der Waals surface area contributed by atoms with Crippen LogP contribution in [0.3, 0.4) is 0 Å². The molecule has 13 heavy (non-hydrogen) atoms. The van der Waals surface area contributed by atoms with Crippen molar-refractivity contribution in [3.63, 3.8) is 0 Å². The highest BCUT2D eigenvalue weighted by atomic mass is 14.8. The van der Waals surface area contributed by atoms with Gasteiger partial charge >= 0.3 is 0 Å². The Labute approximate surface area is 76.4 Å². The van der Waals surface area contributed by atoms with E-state index in [1.54, 1.807) is 0 Å². The molecule has 66 valence electrons. The maximum atomic E-state index is 5.79. The van der Waals surface area contributed by atoms with Gasteiger partial charge in [-0.05, 0) is 24.4 Å². The summed E-state index contributed by atoms with van der Waals surface area (Å²) >= 11 is 0. The smallest absolute Gasteiger partial charge is 0.133 e. The third kappa shape index (κ3) is 1.18. The van der Waals surface area contributed by atoms with Crippen LogP contribution >= 0.6 is 0 Å². The lowest BCUT2D eigenvalue weighted by Crippen LogP contribution is -1.97. The van der Waals surface area contributed by atoms with Crippen LogP contribution < -0.4 is 11.5 Å². The molecule has 0 aliphatic carbocycles. The Kier molecular flexibility index (Phi) is 1.59. The maximum absolute atomic E-state index is 5.79. The Morgan fingerprint density at radius 3 is 2.77 bits per heavy atom. The summed E-state index contributed by atoms with van der Waals surface area (Å²) in [4.78, 5) is 4.16. The fourth-order valence-electron chi connectivity index (χ4n) is 1.51. The van der Waals surface area contributed by atoms with E-state index in [-0.39, 0.29) is 0 Å². The summed E-state index contributed by atoms with van der Waals surface area (Å²) in [6, 6.07) is 7.70. The van der Waals surface area contributed by atoms with E-state index in [9.17, 15) is 0 Å². The molecule has 1 aromatic heterocycles. The van der Waals surface area contributed by atoms with Crippen LogP contribution in [0.2, 0.25) is 0 Å². The molecule has 0 saturated heterocycles. The molecule has 1 heterocycles. The maximum Gasteiger partial charge on any atom is 0.133 e. The third-order valence-electron chi connectivity index (χ3n) is 2.05. The highest BCUT2D eigenvalue weighted by Crippen LogP contribution is 2.25. The number of fused-ring (bicyclic) bond motifs is 1. The quantitative estimate of drug-likeness (QED) is 0.596. The van der Waals surface area contributed by atoms with Crippen LogP contribution in [-0.4, -0.2) is 4.98 Å². The molecule has 1 aromatic carbocycles. The number of anilines is 2. The Morgan fingerprint density at radius 1 is 1.23 bits per heavy atom. The van der Waals surface area contributed by atoms with Gasteiger partial charge in [0, 0.05) is 16.8 Å². The molecule has 2 rings (SSSR count). The average Bonchev–Trinajstić information content (AvgIpc) is 2.02. The normalized spacial score (nSPS) is 10.5. The minimum Gasteiger partial charge on any atom is -0.398 e. The van der Waals surface area contributed by atoms with Gasteiger partial charge in [-0.15, -0.1) is 0 Å². The van der Waals surface area contributed by atoms with Crippen LogP contribution in [0.4, 0.5) is 11.5 Å². The number of nitrogen functional groups attached to an aromatic ring is 2. The molecule has 2 aromatic rings. The number of nitrogens with zero attached hydrogens (tertiary/aromatic N) is 1. The number of pyridine rings is 1. The summed E-state index contributed by atoms with van der Waals surface area (Å²) in [7, 11) is 0.